The third-order valence-corrected chi connectivity index (χ3v) is 3.41. The van der Waals surface area contributed by atoms with E-state index in [1.807, 2.05) is 0 Å². The fourth-order valence-corrected chi connectivity index (χ4v) is 2.78. The highest BCUT2D eigenvalue weighted by atomic mass is 32.2. The number of sulfone groups is 1. The molecule has 4 heteroatoms. The maximum atomic E-state index is 10.8. The zero-order chi connectivity index (χ0) is 6.91. The van der Waals surface area contributed by atoms with Gasteiger partial charge in [0, 0.05) is 6.04 Å². The summed E-state index contributed by atoms with van der Waals surface area (Å²) >= 11 is 0. The number of hydrogen-bond acceptors (Lipinski definition) is 3. The van der Waals surface area contributed by atoms with Gasteiger partial charge in [-0.05, 0) is 13.5 Å². The molecule has 0 radical (unpaired) electrons. The van der Waals surface area contributed by atoms with Gasteiger partial charge in [0.1, 0.15) is 0 Å². The van der Waals surface area contributed by atoms with Gasteiger partial charge in [0.25, 0.3) is 0 Å². The van der Waals surface area contributed by atoms with E-state index in [4.69, 9.17) is 0 Å². The van der Waals surface area contributed by atoms with Crippen molar-refractivity contribution in [1.82, 2.24) is 5.32 Å². The first kappa shape index (κ1) is 7.02. The van der Waals surface area contributed by atoms with Crippen LogP contribution in [0.25, 0.3) is 0 Å². The molecular weight excluding hydrogens is 138 g/mol. The molecule has 54 valence electrons. The molecule has 1 heterocycles. The van der Waals surface area contributed by atoms with Crippen LogP contribution in [0.2, 0.25) is 0 Å². The second-order valence-corrected chi connectivity index (χ2v) is 4.62. The second-order valence-electron chi connectivity index (χ2n) is 2.39. The van der Waals surface area contributed by atoms with Gasteiger partial charge in [-0.2, -0.15) is 0 Å². The van der Waals surface area contributed by atoms with Gasteiger partial charge in [-0.3, -0.25) is 0 Å². The molecule has 1 aliphatic heterocycles. The Morgan fingerprint density at radius 1 is 1.56 bits per heavy atom. The molecule has 1 saturated heterocycles. The first-order valence-electron chi connectivity index (χ1n) is 3.02. The Morgan fingerprint density at radius 2 is 2.22 bits per heavy atom. The molecule has 0 amide bonds. The highest BCUT2D eigenvalue weighted by Gasteiger charge is 2.25. The Hall–Kier alpha value is -0.0900. The minimum atomic E-state index is -2.67. The Labute approximate surface area is 55.4 Å². The molecule has 3 nitrogen and oxygen atoms in total. The van der Waals surface area contributed by atoms with Crippen LogP contribution >= 0.6 is 0 Å². The van der Waals surface area contributed by atoms with E-state index in [2.05, 4.69) is 5.32 Å². The van der Waals surface area contributed by atoms with E-state index in [1.54, 1.807) is 7.05 Å². The lowest BCUT2D eigenvalue weighted by Crippen LogP contribution is -2.25. The van der Waals surface area contributed by atoms with Crippen LogP contribution in [0, 0.1) is 0 Å². The zero-order valence-corrected chi connectivity index (χ0v) is 6.24. The van der Waals surface area contributed by atoms with Gasteiger partial charge >= 0.3 is 0 Å². The van der Waals surface area contributed by atoms with E-state index in [9.17, 15) is 8.42 Å². The van der Waals surface area contributed by atoms with Crippen molar-refractivity contribution in [1.29, 1.82) is 0 Å². The van der Waals surface area contributed by atoms with E-state index in [-0.39, 0.29) is 6.04 Å². The van der Waals surface area contributed by atoms with Crippen molar-refractivity contribution in [3.8, 4) is 0 Å². The molecule has 0 bridgehead atoms. The maximum Gasteiger partial charge on any atom is 0.151 e. The minimum absolute atomic E-state index is 0.204. The van der Waals surface area contributed by atoms with Crippen LogP contribution in [-0.4, -0.2) is 33.0 Å². The molecule has 0 aromatic carbocycles. The van der Waals surface area contributed by atoms with E-state index < -0.39 is 9.84 Å². The SMILES string of the molecule is CN[C@H]1CCS(=O)(=O)C1. The minimum Gasteiger partial charge on any atom is -0.316 e. The Balaban J connectivity index is 2.58. The first-order valence-corrected chi connectivity index (χ1v) is 4.84. The Bertz CT molecular complexity index is 185. The summed E-state index contributed by atoms with van der Waals surface area (Å²) in [4.78, 5) is 0. The van der Waals surface area contributed by atoms with E-state index in [1.165, 1.54) is 0 Å². The molecule has 0 unspecified atom stereocenters. The van der Waals surface area contributed by atoms with Gasteiger partial charge in [0.05, 0.1) is 11.5 Å². The van der Waals surface area contributed by atoms with Crippen molar-refractivity contribution in [3.05, 3.63) is 0 Å². The summed E-state index contributed by atoms with van der Waals surface area (Å²) in [6.45, 7) is 0. The standard InChI is InChI=1S/C5H11NO2S/c1-6-5-2-3-9(7,8)4-5/h5-6H,2-4H2,1H3/t5-/m0/s1. The summed E-state index contributed by atoms with van der Waals surface area (Å²) in [6.07, 6.45) is 0.777. The number of nitrogens with one attached hydrogen (secondary N) is 1. The molecule has 0 aromatic heterocycles. The quantitative estimate of drug-likeness (QED) is 0.541. The van der Waals surface area contributed by atoms with Crippen molar-refractivity contribution in [2.24, 2.45) is 0 Å². The normalized spacial score (nSPS) is 32.8. The second kappa shape index (κ2) is 2.27. The van der Waals surface area contributed by atoms with Crippen LogP contribution < -0.4 is 5.32 Å². The summed E-state index contributed by atoms with van der Waals surface area (Å²) < 4.78 is 21.5. The zero-order valence-electron chi connectivity index (χ0n) is 5.42. The van der Waals surface area contributed by atoms with Crippen LogP contribution in [-0.2, 0) is 9.84 Å². The summed E-state index contributed by atoms with van der Waals surface area (Å²) in [6, 6.07) is 0.204. The Kier molecular flexibility index (Phi) is 1.77. The smallest absolute Gasteiger partial charge is 0.151 e. The van der Waals surface area contributed by atoms with Gasteiger partial charge in [0.2, 0.25) is 0 Å². The molecule has 0 aromatic rings. The molecular formula is C5H11NO2S. The molecule has 1 rings (SSSR count). The molecule has 1 fully saturated rings. The van der Waals surface area contributed by atoms with E-state index >= 15 is 0 Å². The third-order valence-electron chi connectivity index (χ3n) is 1.64. The van der Waals surface area contributed by atoms with Gasteiger partial charge in [0.15, 0.2) is 9.84 Å². The predicted octanol–water partition coefficient (Wildman–Crippen LogP) is -0.607. The maximum absolute atomic E-state index is 10.8. The van der Waals surface area contributed by atoms with Crippen LogP contribution in [0.4, 0.5) is 0 Å². The van der Waals surface area contributed by atoms with Crippen LogP contribution in [0.5, 0.6) is 0 Å². The Morgan fingerprint density at radius 3 is 2.44 bits per heavy atom. The van der Waals surface area contributed by atoms with Crippen LogP contribution in [0.15, 0.2) is 0 Å². The molecule has 1 aliphatic rings. The number of rotatable bonds is 1. The summed E-state index contributed by atoms with van der Waals surface area (Å²) in [5.74, 6) is 0.683. The first-order chi connectivity index (χ1) is 4.14. The summed E-state index contributed by atoms with van der Waals surface area (Å²) in [7, 11) is -0.873. The average molecular weight is 149 g/mol. The van der Waals surface area contributed by atoms with Crippen molar-refractivity contribution < 1.29 is 8.42 Å². The number of hydrogen-bond donors (Lipinski definition) is 1. The summed E-state index contributed by atoms with van der Waals surface area (Å²) in [5, 5.41) is 2.94. The molecule has 0 aliphatic carbocycles. The topological polar surface area (TPSA) is 46.2 Å². The highest BCUT2D eigenvalue weighted by molar-refractivity contribution is 7.91. The molecule has 0 spiro atoms. The molecule has 1 atom stereocenters. The molecule has 1 N–H and O–H groups in total. The van der Waals surface area contributed by atoms with Crippen molar-refractivity contribution in [2.75, 3.05) is 18.6 Å². The van der Waals surface area contributed by atoms with Gasteiger partial charge in [-0.1, -0.05) is 0 Å². The monoisotopic (exact) mass is 149 g/mol. The largest absolute Gasteiger partial charge is 0.316 e. The van der Waals surface area contributed by atoms with Crippen LogP contribution in [0.1, 0.15) is 6.42 Å². The van der Waals surface area contributed by atoms with Gasteiger partial charge < -0.3 is 5.32 Å². The van der Waals surface area contributed by atoms with Crippen LogP contribution in [0.3, 0.4) is 0 Å². The highest BCUT2D eigenvalue weighted by Crippen LogP contribution is 2.09. The third kappa shape index (κ3) is 1.66. The van der Waals surface area contributed by atoms with Crippen molar-refractivity contribution >= 4 is 9.84 Å². The van der Waals surface area contributed by atoms with E-state index in [0.29, 0.717) is 11.5 Å². The average Bonchev–Trinajstić information content (AvgIpc) is 2.10. The lowest BCUT2D eigenvalue weighted by atomic mass is 10.3. The van der Waals surface area contributed by atoms with Gasteiger partial charge in [-0.15, -0.1) is 0 Å². The molecule has 9 heavy (non-hydrogen) atoms. The van der Waals surface area contributed by atoms with E-state index in [0.717, 1.165) is 6.42 Å². The summed E-state index contributed by atoms with van der Waals surface area (Å²) in [5.41, 5.74) is 0. The molecule has 0 saturated carbocycles. The fourth-order valence-electron chi connectivity index (χ4n) is 1.02. The lowest BCUT2D eigenvalue weighted by molar-refractivity contribution is 0.596. The fraction of sp³-hybridized carbons (Fsp3) is 1.00. The lowest BCUT2D eigenvalue weighted by Gasteiger charge is -2.01. The predicted molar refractivity (Wildman–Crippen MR) is 36.1 cm³/mol. The van der Waals surface area contributed by atoms with Gasteiger partial charge in [-0.25, -0.2) is 8.42 Å². The van der Waals surface area contributed by atoms with Crippen molar-refractivity contribution in [2.45, 2.75) is 12.5 Å². The van der Waals surface area contributed by atoms with Crippen molar-refractivity contribution in [3.63, 3.8) is 0 Å².